The standard InChI is InChI=1S/C7H8N4O2/c12-7(13)11-4-5-6(10-11)9-3-1-2-8-5/h1-3,9-10H,4H2,(H,12,13). The summed E-state index contributed by atoms with van der Waals surface area (Å²) in [5.41, 5.74) is 3.36. The van der Waals surface area contributed by atoms with E-state index in [1.54, 1.807) is 18.5 Å². The third-order valence-corrected chi connectivity index (χ3v) is 1.71. The molecule has 0 aliphatic carbocycles. The van der Waals surface area contributed by atoms with Crippen LogP contribution in [0.25, 0.3) is 0 Å². The molecule has 0 aromatic carbocycles. The van der Waals surface area contributed by atoms with Gasteiger partial charge in [-0.1, -0.05) is 0 Å². The number of rotatable bonds is 0. The SMILES string of the molecule is O=C(O)N1CC2=C(NC=CC=N2)N1. The number of allylic oxidation sites excluding steroid dienone is 1. The summed E-state index contributed by atoms with van der Waals surface area (Å²) < 4.78 is 0. The van der Waals surface area contributed by atoms with E-state index < -0.39 is 6.09 Å². The second-order valence-electron chi connectivity index (χ2n) is 2.58. The van der Waals surface area contributed by atoms with Crippen molar-refractivity contribution >= 4 is 12.3 Å². The van der Waals surface area contributed by atoms with Gasteiger partial charge in [-0.15, -0.1) is 0 Å². The Hall–Kier alpha value is -1.98. The minimum atomic E-state index is -1.02. The van der Waals surface area contributed by atoms with E-state index >= 15 is 0 Å². The van der Waals surface area contributed by atoms with E-state index in [2.05, 4.69) is 15.7 Å². The topological polar surface area (TPSA) is 77.0 Å². The number of hydrazine groups is 1. The third-order valence-electron chi connectivity index (χ3n) is 1.71. The van der Waals surface area contributed by atoms with Crippen LogP contribution in [0.3, 0.4) is 0 Å². The van der Waals surface area contributed by atoms with Crippen molar-refractivity contribution in [1.29, 1.82) is 0 Å². The van der Waals surface area contributed by atoms with Gasteiger partial charge >= 0.3 is 6.09 Å². The molecule has 6 nitrogen and oxygen atoms in total. The third kappa shape index (κ3) is 1.33. The molecule has 0 saturated heterocycles. The maximum Gasteiger partial charge on any atom is 0.426 e. The molecule has 0 bridgehead atoms. The van der Waals surface area contributed by atoms with E-state index in [0.717, 1.165) is 5.01 Å². The fourth-order valence-corrected chi connectivity index (χ4v) is 1.11. The summed E-state index contributed by atoms with van der Waals surface area (Å²) in [5, 5.41) is 12.6. The van der Waals surface area contributed by atoms with Crippen LogP contribution >= 0.6 is 0 Å². The Morgan fingerprint density at radius 1 is 1.69 bits per heavy atom. The monoisotopic (exact) mass is 180 g/mol. The Bertz CT molecular complexity index is 331. The minimum absolute atomic E-state index is 0.260. The predicted molar refractivity (Wildman–Crippen MR) is 45.7 cm³/mol. The lowest BCUT2D eigenvalue weighted by Crippen LogP contribution is -2.38. The lowest BCUT2D eigenvalue weighted by Gasteiger charge is -2.12. The summed E-state index contributed by atoms with van der Waals surface area (Å²) in [6, 6.07) is 0. The van der Waals surface area contributed by atoms with Crippen molar-refractivity contribution in [2.24, 2.45) is 4.99 Å². The van der Waals surface area contributed by atoms with Crippen LogP contribution < -0.4 is 10.7 Å². The highest BCUT2D eigenvalue weighted by molar-refractivity contribution is 5.73. The molecule has 0 atom stereocenters. The molecule has 13 heavy (non-hydrogen) atoms. The van der Waals surface area contributed by atoms with E-state index in [1.165, 1.54) is 0 Å². The number of carbonyl (C=O) groups is 1. The zero-order chi connectivity index (χ0) is 9.26. The maximum absolute atomic E-state index is 10.6. The molecular formula is C7H8N4O2. The highest BCUT2D eigenvalue weighted by atomic mass is 16.4. The Morgan fingerprint density at radius 2 is 2.54 bits per heavy atom. The van der Waals surface area contributed by atoms with Gasteiger partial charge in [-0.25, -0.2) is 9.80 Å². The second-order valence-corrected chi connectivity index (χ2v) is 2.58. The number of aliphatic imine (C=N–C) groups is 1. The molecule has 0 unspecified atom stereocenters. The molecular weight excluding hydrogens is 172 g/mol. The van der Waals surface area contributed by atoms with Crippen molar-refractivity contribution in [3.63, 3.8) is 0 Å². The first kappa shape index (κ1) is 7.66. The van der Waals surface area contributed by atoms with Crippen molar-refractivity contribution in [3.8, 4) is 0 Å². The number of amides is 1. The predicted octanol–water partition coefficient (Wildman–Crippen LogP) is -0.159. The van der Waals surface area contributed by atoms with Crippen LogP contribution in [0.1, 0.15) is 0 Å². The zero-order valence-corrected chi connectivity index (χ0v) is 6.69. The fraction of sp³-hybridized carbons (Fsp3) is 0.143. The second kappa shape index (κ2) is 2.81. The number of hydrogen-bond donors (Lipinski definition) is 3. The van der Waals surface area contributed by atoms with E-state index in [0.29, 0.717) is 11.5 Å². The number of nitrogens with one attached hydrogen (secondary N) is 2. The van der Waals surface area contributed by atoms with Gasteiger partial charge in [0.1, 0.15) is 11.5 Å². The molecule has 2 rings (SSSR count). The summed E-state index contributed by atoms with van der Waals surface area (Å²) in [5.74, 6) is 0.618. The molecule has 0 spiro atoms. The normalized spacial score (nSPS) is 19.2. The number of hydrogen-bond acceptors (Lipinski definition) is 4. The first-order valence-electron chi connectivity index (χ1n) is 3.73. The van der Waals surface area contributed by atoms with E-state index in [4.69, 9.17) is 5.11 Å². The minimum Gasteiger partial charge on any atom is -0.464 e. The van der Waals surface area contributed by atoms with Crippen molar-refractivity contribution in [1.82, 2.24) is 15.8 Å². The first-order valence-corrected chi connectivity index (χ1v) is 3.73. The molecule has 1 amide bonds. The van der Waals surface area contributed by atoms with Gasteiger partial charge in [0, 0.05) is 12.4 Å². The van der Waals surface area contributed by atoms with Gasteiger partial charge in [0.25, 0.3) is 0 Å². The van der Waals surface area contributed by atoms with Crippen LogP contribution in [-0.4, -0.2) is 29.0 Å². The summed E-state index contributed by atoms with van der Waals surface area (Å²) in [6.07, 6.45) is 4.02. The summed E-state index contributed by atoms with van der Waals surface area (Å²) >= 11 is 0. The highest BCUT2D eigenvalue weighted by Crippen LogP contribution is 2.12. The van der Waals surface area contributed by atoms with Gasteiger partial charge < -0.3 is 10.4 Å². The van der Waals surface area contributed by atoms with E-state index in [-0.39, 0.29) is 6.54 Å². The maximum atomic E-state index is 10.6. The van der Waals surface area contributed by atoms with Gasteiger partial charge in [-0.3, -0.25) is 10.4 Å². The molecule has 2 aliphatic heterocycles. The van der Waals surface area contributed by atoms with Gasteiger partial charge in [0.05, 0.1) is 6.54 Å². The average Bonchev–Trinajstić information content (AvgIpc) is 2.38. The lowest BCUT2D eigenvalue weighted by atomic mass is 10.4. The molecule has 6 heteroatoms. The average molecular weight is 180 g/mol. The van der Waals surface area contributed by atoms with Gasteiger partial charge in [0.2, 0.25) is 0 Å². The first-order chi connectivity index (χ1) is 6.27. The molecule has 0 aromatic rings. The highest BCUT2D eigenvalue weighted by Gasteiger charge is 2.24. The van der Waals surface area contributed by atoms with Gasteiger partial charge in [-0.2, -0.15) is 0 Å². The van der Waals surface area contributed by atoms with Crippen molar-refractivity contribution in [3.05, 3.63) is 23.8 Å². The molecule has 3 N–H and O–H groups in total. The molecule has 0 saturated carbocycles. The van der Waals surface area contributed by atoms with E-state index in [1.807, 2.05) is 0 Å². The van der Waals surface area contributed by atoms with Gasteiger partial charge in [0.15, 0.2) is 0 Å². The molecule has 0 aromatic heterocycles. The van der Waals surface area contributed by atoms with E-state index in [9.17, 15) is 4.79 Å². The lowest BCUT2D eigenvalue weighted by molar-refractivity contribution is 0.138. The van der Waals surface area contributed by atoms with Crippen LogP contribution in [0.2, 0.25) is 0 Å². The zero-order valence-electron chi connectivity index (χ0n) is 6.69. The Morgan fingerprint density at radius 3 is 3.31 bits per heavy atom. The molecule has 0 fully saturated rings. The largest absolute Gasteiger partial charge is 0.464 e. The molecule has 2 heterocycles. The number of nitrogens with zero attached hydrogens (tertiary/aromatic N) is 2. The van der Waals surface area contributed by atoms with Crippen LogP contribution in [0.5, 0.6) is 0 Å². The Kier molecular flexibility index (Phi) is 1.66. The summed E-state index contributed by atoms with van der Waals surface area (Å²) in [6.45, 7) is 0.260. The molecule has 2 aliphatic rings. The van der Waals surface area contributed by atoms with Crippen molar-refractivity contribution in [2.45, 2.75) is 0 Å². The van der Waals surface area contributed by atoms with Crippen LogP contribution in [0.15, 0.2) is 28.8 Å². The molecule has 0 radical (unpaired) electrons. The smallest absolute Gasteiger partial charge is 0.426 e. The van der Waals surface area contributed by atoms with Crippen LogP contribution in [0, 0.1) is 0 Å². The summed E-state index contributed by atoms with van der Waals surface area (Å²) in [7, 11) is 0. The van der Waals surface area contributed by atoms with Crippen molar-refractivity contribution < 1.29 is 9.90 Å². The Labute approximate surface area is 74.2 Å². The van der Waals surface area contributed by atoms with Crippen LogP contribution in [0.4, 0.5) is 4.79 Å². The molecule has 68 valence electrons. The quantitative estimate of drug-likeness (QED) is 0.484. The fourth-order valence-electron chi connectivity index (χ4n) is 1.11. The number of carboxylic acid groups (broad SMARTS) is 1. The summed E-state index contributed by atoms with van der Waals surface area (Å²) in [4.78, 5) is 14.6. The van der Waals surface area contributed by atoms with Crippen molar-refractivity contribution in [2.75, 3.05) is 6.54 Å². The van der Waals surface area contributed by atoms with Crippen LogP contribution in [-0.2, 0) is 0 Å². The Balaban J connectivity index is 2.16. The van der Waals surface area contributed by atoms with Gasteiger partial charge in [-0.05, 0) is 6.08 Å².